The highest BCUT2D eigenvalue weighted by atomic mass is 16.5. The van der Waals surface area contributed by atoms with Crippen molar-refractivity contribution in [3.8, 4) is 0 Å². The molecule has 0 bridgehead atoms. The van der Waals surface area contributed by atoms with E-state index < -0.39 is 17.5 Å². The third-order valence-electron chi connectivity index (χ3n) is 4.55. The Hall–Kier alpha value is -2.67. The predicted molar refractivity (Wildman–Crippen MR) is 103 cm³/mol. The maximum absolute atomic E-state index is 13.0. The van der Waals surface area contributed by atoms with Crippen LogP contribution >= 0.6 is 0 Å². The molecule has 0 saturated heterocycles. The van der Waals surface area contributed by atoms with Crippen molar-refractivity contribution in [3.63, 3.8) is 0 Å². The highest BCUT2D eigenvalue weighted by molar-refractivity contribution is 5.96. The van der Waals surface area contributed by atoms with Gasteiger partial charge in [-0.25, -0.2) is 4.79 Å². The fourth-order valence-corrected chi connectivity index (χ4v) is 2.83. The quantitative estimate of drug-likeness (QED) is 0.494. The SMILES string of the molecule is CCN(CC)CCN(CCC(=O)OC)C(=O)c1cc2ccccc2oc1=O. The predicted octanol–water partition coefficient (Wildman–Crippen LogP) is 2.14. The molecule has 0 atom stereocenters. The summed E-state index contributed by atoms with van der Waals surface area (Å²) in [6.45, 7) is 7.03. The maximum Gasteiger partial charge on any atom is 0.349 e. The van der Waals surface area contributed by atoms with E-state index in [1.165, 1.54) is 12.0 Å². The molecular formula is C20H26N2O5. The van der Waals surface area contributed by atoms with Crippen LogP contribution in [0.4, 0.5) is 0 Å². The van der Waals surface area contributed by atoms with Crippen molar-refractivity contribution in [1.82, 2.24) is 9.80 Å². The number of nitrogens with zero attached hydrogens (tertiary/aromatic N) is 2. The van der Waals surface area contributed by atoms with Crippen molar-refractivity contribution in [2.24, 2.45) is 0 Å². The van der Waals surface area contributed by atoms with Crippen LogP contribution in [-0.4, -0.2) is 61.5 Å². The third-order valence-corrected chi connectivity index (χ3v) is 4.55. The van der Waals surface area contributed by atoms with Gasteiger partial charge in [-0.2, -0.15) is 0 Å². The molecule has 27 heavy (non-hydrogen) atoms. The number of fused-ring (bicyclic) bond motifs is 1. The largest absolute Gasteiger partial charge is 0.469 e. The lowest BCUT2D eigenvalue weighted by molar-refractivity contribution is -0.140. The molecule has 0 spiro atoms. The van der Waals surface area contributed by atoms with Crippen LogP contribution in [0.25, 0.3) is 11.0 Å². The van der Waals surface area contributed by atoms with E-state index in [9.17, 15) is 14.4 Å². The van der Waals surface area contributed by atoms with Gasteiger partial charge in [0.05, 0.1) is 13.5 Å². The van der Waals surface area contributed by atoms with Crippen molar-refractivity contribution < 1.29 is 18.7 Å². The first kappa shape index (κ1) is 20.6. The second kappa shape index (κ2) is 9.87. The minimum Gasteiger partial charge on any atom is -0.469 e. The monoisotopic (exact) mass is 374 g/mol. The smallest absolute Gasteiger partial charge is 0.349 e. The number of ether oxygens (including phenoxy) is 1. The average molecular weight is 374 g/mol. The maximum atomic E-state index is 13.0. The van der Waals surface area contributed by atoms with E-state index in [4.69, 9.17) is 4.42 Å². The first-order chi connectivity index (χ1) is 13.0. The Balaban J connectivity index is 2.26. The molecule has 0 radical (unpaired) electrons. The van der Waals surface area contributed by atoms with Crippen LogP contribution in [0.1, 0.15) is 30.6 Å². The molecule has 2 rings (SSSR count). The molecule has 1 heterocycles. The average Bonchev–Trinajstić information content (AvgIpc) is 2.69. The summed E-state index contributed by atoms with van der Waals surface area (Å²) in [5.41, 5.74) is -0.272. The molecule has 0 aliphatic rings. The molecule has 0 fully saturated rings. The van der Waals surface area contributed by atoms with Gasteiger partial charge in [-0.1, -0.05) is 32.0 Å². The lowest BCUT2D eigenvalue weighted by Gasteiger charge is -2.26. The van der Waals surface area contributed by atoms with E-state index in [1.54, 1.807) is 24.3 Å². The van der Waals surface area contributed by atoms with Crippen LogP contribution in [0.5, 0.6) is 0 Å². The van der Waals surface area contributed by atoms with E-state index in [0.717, 1.165) is 13.1 Å². The number of amides is 1. The molecule has 0 unspecified atom stereocenters. The summed E-state index contributed by atoms with van der Waals surface area (Å²) in [5.74, 6) is -0.841. The Kier molecular flexibility index (Phi) is 7.55. The second-order valence-corrected chi connectivity index (χ2v) is 6.13. The van der Waals surface area contributed by atoms with Gasteiger partial charge in [0.15, 0.2) is 0 Å². The molecule has 7 heteroatoms. The number of carbonyl (C=O) groups excluding carboxylic acids is 2. The zero-order chi connectivity index (χ0) is 19.8. The summed E-state index contributed by atoms with van der Waals surface area (Å²) in [5, 5.41) is 0.678. The molecule has 1 amide bonds. The van der Waals surface area contributed by atoms with E-state index in [-0.39, 0.29) is 18.5 Å². The van der Waals surface area contributed by atoms with Crippen LogP contribution < -0.4 is 5.63 Å². The number of likely N-dealkylation sites (N-methyl/N-ethyl adjacent to an activating group) is 1. The van der Waals surface area contributed by atoms with Crippen molar-refractivity contribution >= 4 is 22.8 Å². The van der Waals surface area contributed by atoms with Crippen molar-refractivity contribution in [2.75, 3.05) is 39.8 Å². The number of esters is 1. The van der Waals surface area contributed by atoms with Gasteiger partial charge in [-0.05, 0) is 25.2 Å². The number of benzene rings is 1. The minimum absolute atomic E-state index is 0.0295. The molecule has 0 N–H and O–H groups in total. The van der Waals surface area contributed by atoms with Gasteiger partial charge in [-0.3, -0.25) is 9.59 Å². The Labute approximate surface area is 158 Å². The Morgan fingerprint density at radius 2 is 1.78 bits per heavy atom. The van der Waals surface area contributed by atoms with Crippen molar-refractivity contribution in [2.45, 2.75) is 20.3 Å². The van der Waals surface area contributed by atoms with Gasteiger partial charge in [-0.15, -0.1) is 0 Å². The van der Waals surface area contributed by atoms with E-state index in [2.05, 4.69) is 9.64 Å². The Bertz CT molecular complexity index is 842. The van der Waals surface area contributed by atoms with Gasteiger partial charge < -0.3 is 19.0 Å². The van der Waals surface area contributed by atoms with Crippen LogP contribution in [0.3, 0.4) is 0 Å². The number of hydrogen-bond acceptors (Lipinski definition) is 6. The number of hydrogen-bond donors (Lipinski definition) is 0. The van der Waals surface area contributed by atoms with Crippen molar-refractivity contribution in [1.29, 1.82) is 0 Å². The van der Waals surface area contributed by atoms with Gasteiger partial charge >= 0.3 is 11.6 Å². The van der Waals surface area contributed by atoms with Gasteiger partial charge in [0, 0.05) is 25.0 Å². The van der Waals surface area contributed by atoms with E-state index in [0.29, 0.717) is 24.1 Å². The summed E-state index contributed by atoms with van der Waals surface area (Å²) < 4.78 is 9.94. The molecule has 0 aliphatic heterocycles. The first-order valence-electron chi connectivity index (χ1n) is 9.11. The molecule has 1 aromatic heterocycles. The molecule has 2 aromatic rings. The van der Waals surface area contributed by atoms with E-state index in [1.807, 2.05) is 19.9 Å². The highest BCUT2D eigenvalue weighted by Crippen LogP contribution is 2.14. The first-order valence-corrected chi connectivity index (χ1v) is 9.11. The molecular weight excluding hydrogens is 348 g/mol. The summed E-state index contributed by atoms with van der Waals surface area (Å²) in [6.07, 6.45) is 0.0689. The lowest BCUT2D eigenvalue weighted by Crippen LogP contribution is -2.41. The number of carbonyl (C=O) groups is 2. The zero-order valence-corrected chi connectivity index (χ0v) is 16.1. The second-order valence-electron chi connectivity index (χ2n) is 6.13. The summed E-state index contributed by atoms with van der Waals surface area (Å²) >= 11 is 0. The van der Waals surface area contributed by atoms with E-state index >= 15 is 0 Å². The summed E-state index contributed by atoms with van der Waals surface area (Å²) in [6, 6.07) is 8.58. The fourth-order valence-electron chi connectivity index (χ4n) is 2.83. The highest BCUT2D eigenvalue weighted by Gasteiger charge is 2.22. The van der Waals surface area contributed by atoms with Gasteiger partial charge in [0.25, 0.3) is 5.91 Å². The van der Waals surface area contributed by atoms with Gasteiger partial charge in [0.1, 0.15) is 11.1 Å². The number of rotatable bonds is 9. The molecule has 0 saturated carbocycles. The van der Waals surface area contributed by atoms with Gasteiger partial charge in [0.2, 0.25) is 0 Å². The molecule has 7 nitrogen and oxygen atoms in total. The summed E-state index contributed by atoms with van der Waals surface area (Å²) in [7, 11) is 1.31. The fraction of sp³-hybridized carbons (Fsp3) is 0.450. The standard InChI is InChI=1S/C20H26N2O5/c1-4-21(5-2)12-13-22(11-10-18(23)26-3)19(24)16-14-15-8-6-7-9-17(15)27-20(16)25/h6-9,14H,4-5,10-13H2,1-3H3. The topological polar surface area (TPSA) is 80.1 Å². The summed E-state index contributed by atoms with van der Waals surface area (Å²) in [4.78, 5) is 40.5. The Morgan fingerprint density at radius 1 is 1.07 bits per heavy atom. The van der Waals surface area contributed by atoms with Crippen LogP contribution in [0, 0.1) is 0 Å². The zero-order valence-electron chi connectivity index (χ0n) is 16.1. The molecule has 0 aliphatic carbocycles. The number of para-hydroxylation sites is 1. The van der Waals surface area contributed by atoms with Crippen LogP contribution in [-0.2, 0) is 9.53 Å². The molecule has 146 valence electrons. The normalized spacial score (nSPS) is 11.0. The van der Waals surface area contributed by atoms with Crippen LogP contribution in [0.2, 0.25) is 0 Å². The van der Waals surface area contributed by atoms with Crippen molar-refractivity contribution in [3.05, 3.63) is 46.3 Å². The molecule has 1 aromatic carbocycles. The minimum atomic E-state index is -0.676. The third kappa shape index (κ3) is 5.40. The van der Waals surface area contributed by atoms with Crippen LogP contribution in [0.15, 0.2) is 39.5 Å². The lowest BCUT2D eigenvalue weighted by atomic mass is 10.1. The number of methoxy groups -OCH3 is 1. The Morgan fingerprint density at radius 3 is 2.44 bits per heavy atom.